The molecular weight excluding hydrogens is 292 g/mol. The van der Waals surface area contributed by atoms with Gasteiger partial charge in [-0.05, 0) is 60.7 Å². The Morgan fingerprint density at radius 2 is 1.96 bits per heavy atom. The Labute approximate surface area is 134 Å². The molecule has 0 aromatic heterocycles. The number of carbonyl (C=O) groups is 2. The molecule has 1 unspecified atom stereocenters. The standard InChI is InChI=1S/C19H18O4/c1-23-16-8-9-17-14(11-16)6-7-15(18(17)20)10-12-2-4-13(5-3-12)19(21)22/h2-5,8-9,11,15H,6-7,10H2,1H3,(H,21,22). The number of hydrogen-bond acceptors (Lipinski definition) is 3. The summed E-state index contributed by atoms with van der Waals surface area (Å²) in [6.07, 6.45) is 2.31. The van der Waals surface area contributed by atoms with Crippen molar-refractivity contribution in [2.75, 3.05) is 7.11 Å². The molecule has 4 heteroatoms. The molecule has 118 valence electrons. The number of hydrogen-bond donors (Lipinski definition) is 1. The van der Waals surface area contributed by atoms with Gasteiger partial charge >= 0.3 is 5.97 Å². The number of carbonyl (C=O) groups excluding carboxylic acids is 1. The average Bonchev–Trinajstić information content (AvgIpc) is 2.57. The molecule has 2 aromatic carbocycles. The molecular formula is C19H18O4. The van der Waals surface area contributed by atoms with Crippen molar-refractivity contribution in [3.05, 3.63) is 64.7 Å². The van der Waals surface area contributed by atoms with Crippen LogP contribution in [0.15, 0.2) is 42.5 Å². The normalized spacial score (nSPS) is 16.7. The number of rotatable bonds is 4. The van der Waals surface area contributed by atoms with Gasteiger partial charge in [-0.25, -0.2) is 4.79 Å². The Balaban J connectivity index is 1.77. The van der Waals surface area contributed by atoms with Gasteiger partial charge in [-0.2, -0.15) is 0 Å². The summed E-state index contributed by atoms with van der Waals surface area (Å²) in [6.45, 7) is 0. The van der Waals surface area contributed by atoms with E-state index in [9.17, 15) is 9.59 Å². The third-order valence-electron chi connectivity index (χ3n) is 4.39. The fourth-order valence-corrected chi connectivity index (χ4v) is 3.09. The van der Waals surface area contributed by atoms with Crippen LogP contribution in [0, 0.1) is 5.92 Å². The summed E-state index contributed by atoms with van der Waals surface area (Å²) in [6, 6.07) is 12.4. The van der Waals surface area contributed by atoms with E-state index in [-0.39, 0.29) is 17.3 Å². The first-order valence-corrected chi connectivity index (χ1v) is 7.62. The van der Waals surface area contributed by atoms with E-state index in [0.29, 0.717) is 6.42 Å². The van der Waals surface area contributed by atoms with Crippen LogP contribution in [0.25, 0.3) is 0 Å². The Morgan fingerprint density at radius 1 is 1.22 bits per heavy atom. The summed E-state index contributed by atoms with van der Waals surface area (Å²) >= 11 is 0. The maximum absolute atomic E-state index is 12.7. The molecule has 3 rings (SSSR count). The lowest BCUT2D eigenvalue weighted by Crippen LogP contribution is -2.24. The van der Waals surface area contributed by atoms with Crippen molar-refractivity contribution >= 4 is 11.8 Å². The van der Waals surface area contributed by atoms with E-state index in [1.807, 2.05) is 18.2 Å². The van der Waals surface area contributed by atoms with Gasteiger partial charge < -0.3 is 9.84 Å². The summed E-state index contributed by atoms with van der Waals surface area (Å²) in [7, 11) is 1.62. The highest BCUT2D eigenvalue weighted by Gasteiger charge is 2.27. The number of methoxy groups -OCH3 is 1. The van der Waals surface area contributed by atoms with Gasteiger partial charge in [0.1, 0.15) is 5.75 Å². The molecule has 0 bridgehead atoms. The van der Waals surface area contributed by atoms with Crippen LogP contribution in [0.4, 0.5) is 0 Å². The van der Waals surface area contributed by atoms with E-state index in [1.54, 1.807) is 31.4 Å². The summed E-state index contributed by atoms with van der Waals surface area (Å²) in [5.74, 6) is -0.0461. The largest absolute Gasteiger partial charge is 0.497 e. The number of carboxylic acids is 1. The number of fused-ring (bicyclic) bond motifs is 1. The maximum atomic E-state index is 12.7. The van der Waals surface area contributed by atoms with Crippen molar-refractivity contribution in [1.29, 1.82) is 0 Å². The monoisotopic (exact) mass is 310 g/mol. The predicted octanol–water partition coefficient (Wildman–Crippen LogP) is 3.38. The molecule has 0 aliphatic heterocycles. The van der Waals surface area contributed by atoms with Crippen LogP contribution < -0.4 is 4.74 Å². The fraction of sp³-hybridized carbons (Fsp3) is 0.263. The minimum Gasteiger partial charge on any atom is -0.497 e. The lowest BCUT2D eigenvalue weighted by molar-refractivity contribution is 0.0696. The molecule has 1 atom stereocenters. The number of aryl methyl sites for hydroxylation is 1. The van der Waals surface area contributed by atoms with Crippen molar-refractivity contribution in [1.82, 2.24) is 0 Å². The summed E-state index contributed by atoms with van der Waals surface area (Å²) in [4.78, 5) is 23.5. The van der Waals surface area contributed by atoms with Crippen molar-refractivity contribution in [3.63, 3.8) is 0 Å². The average molecular weight is 310 g/mol. The lowest BCUT2D eigenvalue weighted by atomic mass is 9.79. The van der Waals surface area contributed by atoms with E-state index < -0.39 is 5.97 Å². The van der Waals surface area contributed by atoms with Crippen LogP contribution in [0.3, 0.4) is 0 Å². The molecule has 2 aromatic rings. The van der Waals surface area contributed by atoms with Crippen molar-refractivity contribution in [2.45, 2.75) is 19.3 Å². The number of benzene rings is 2. The van der Waals surface area contributed by atoms with E-state index in [0.717, 1.165) is 35.3 Å². The Bertz CT molecular complexity index is 746. The van der Waals surface area contributed by atoms with Crippen LogP contribution >= 0.6 is 0 Å². The molecule has 1 aliphatic rings. The van der Waals surface area contributed by atoms with Crippen LogP contribution in [-0.4, -0.2) is 24.0 Å². The third kappa shape index (κ3) is 3.11. The predicted molar refractivity (Wildman–Crippen MR) is 86.2 cm³/mol. The summed E-state index contributed by atoms with van der Waals surface area (Å²) in [5, 5.41) is 8.93. The van der Waals surface area contributed by atoms with Crippen molar-refractivity contribution in [3.8, 4) is 5.75 Å². The minimum absolute atomic E-state index is 0.0495. The second-order valence-electron chi connectivity index (χ2n) is 5.83. The highest BCUT2D eigenvalue weighted by Crippen LogP contribution is 2.30. The first-order chi connectivity index (χ1) is 11.1. The molecule has 0 heterocycles. The van der Waals surface area contributed by atoms with Gasteiger partial charge in [-0.3, -0.25) is 4.79 Å². The number of ether oxygens (including phenoxy) is 1. The Morgan fingerprint density at radius 3 is 2.61 bits per heavy atom. The zero-order valence-electron chi connectivity index (χ0n) is 12.9. The smallest absolute Gasteiger partial charge is 0.335 e. The molecule has 1 aliphatic carbocycles. The fourth-order valence-electron chi connectivity index (χ4n) is 3.09. The summed E-state index contributed by atoms with van der Waals surface area (Å²) < 4.78 is 5.21. The van der Waals surface area contributed by atoms with Gasteiger partial charge in [-0.15, -0.1) is 0 Å². The molecule has 0 radical (unpaired) electrons. The second-order valence-corrected chi connectivity index (χ2v) is 5.83. The molecule has 1 N–H and O–H groups in total. The number of ketones is 1. The SMILES string of the molecule is COc1ccc2c(c1)CCC(Cc1ccc(C(=O)O)cc1)C2=O. The van der Waals surface area contributed by atoms with Gasteiger partial charge in [0.2, 0.25) is 0 Å². The zero-order chi connectivity index (χ0) is 16.4. The van der Waals surface area contributed by atoms with Crippen LogP contribution in [0.5, 0.6) is 5.75 Å². The van der Waals surface area contributed by atoms with E-state index in [2.05, 4.69) is 0 Å². The van der Waals surface area contributed by atoms with Gasteiger partial charge in [0, 0.05) is 11.5 Å². The summed E-state index contributed by atoms with van der Waals surface area (Å²) in [5.41, 5.74) is 3.09. The molecule has 0 saturated heterocycles. The van der Waals surface area contributed by atoms with Crippen molar-refractivity contribution < 1.29 is 19.4 Å². The highest BCUT2D eigenvalue weighted by molar-refractivity contribution is 6.00. The number of carboxylic acid groups (broad SMARTS) is 1. The first kappa shape index (κ1) is 15.3. The van der Waals surface area contributed by atoms with Crippen LogP contribution in [0.1, 0.15) is 38.3 Å². The molecule has 0 amide bonds. The van der Waals surface area contributed by atoms with Gasteiger partial charge in [0.15, 0.2) is 5.78 Å². The maximum Gasteiger partial charge on any atom is 0.335 e. The quantitative estimate of drug-likeness (QED) is 0.940. The molecule has 0 fully saturated rings. The van der Waals surface area contributed by atoms with Crippen molar-refractivity contribution in [2.24, 2.45) is 5.92 Å². The number of Topliss-reactive ketones (excluding diaryl/α,β-unsaturated/α-hetero) is 1. The van der Waals surface area contributed by atoms with Gasteiger partial charge in [0.25, 0.3) is 0 Å². The van der Waals surface area contributed by atoms with Crippen LogP contribution in [-0.2, 0) is 12.8 Å². The van der Waals surface area contributed by atoms with Gasteiger partial charge in [-0.1, -0.05) is 12.1 Å². The molecule has 0 spiro atoms. The third-order valence-corrected chi connectivity index (χ3v) is 4.39. The van der Waals surface area contributed by atoms with E-state index in [4.69, 9.17) is 9.84 Å². The first-order valence-electron chi connectivity index (χ1n) is 7.62. The number of aromatic carboxylic acids is 1. The topological polar surface area (TPSA) is 63.6 Å². The van der Waals surface area contributed by atoms with E-state index >= 15 is 0 Å². The second kappa shape index (κ2) is 6.24. The Hall–Kier alpha value is -2.62. The lowest BCUT2D eigenvalue weighted by Gasteiger charge is -2.23. The Kier molecular flexibility index (Phi) is 4.15. The molecule has 23 heavy (non-hydrogen) atoms. The molecule has 0 saturated carbocycles. The zero-order valence-corrected chi connectivity index (χ0v) is 12.9. The minimum atomic E-state index is -0.937. The van der Waals surface area contributed by atoms with E-state index in [1.165, 1.54) is 0 Å². The van der Waals surface area contributed by atoms with Crippen LogP contribution in [0.2, 0.25) is 0 Å². The highest BCUT2D eigenvalue weighted by atomic mass is 16.5. The van der Waals surface area contributed by atoms with Gasteiger partial charge in [0.05, 0.1) is 12.7 Å². The molecule has 4 nitrogen and oxygen atoms in total.